The van der Waals surface area contributed by atoms with E-state index >= 15 is 0 Å². The van der Waals surface area contributed by atoms with Gasteiger partial charge in [-0.1, -0.05) is 18.2 Å². The highest BCUT2D eigenvalue weighted by Gasteiger charge is 2.41. The van der Waals surface area contributed by atoms with Crippen LogP contribution in [0.25, 0.3) is 0 Å². The van der Waals surface area contributed by atoms with E-state index in [0.29, 0.717) is 24.0 Å². The van der Waals surface area contributed by atoms with Crippen LogP contribution in [0.15, 0.2) is 24.3 Å². The van der Waals surface area contributed by atoms with Crippen LogP contribution in [0.4, 0.5) is 0 Å². The molecule has 17 heavy (non-hydrogen) atoms. The van der Waals surface area contributed by atoms with Crippen molar-refractivity contribution in [3.8, 4) is 5.75 Å². The normalized spacial score (nSPS) is 32.9. The van der Waals surface area contributed by atoms with Crippen LogP contribution >= 0.6 is 0 Å². The Hall–Kier alpha value is -1.06. The van der Waals surface area contributed by atoms with Gasteiger partial charge in [0.25, 0.3) is 0 Å². The Labute approximate surface area is 102 Å². The predicted molar refractivity (Wildman–Crippen MR) is 66.0 cm³/mol. The van der Waals surface area contributed by atoms with Gasteiger partial charge in [0.05, 0.1) is 12.2 Å². The Morgan fingerprint density at radius 1 is 1.35 bits per heavy atom. The highest BCUT2D eigenvalue weighted by atomic mass is 16.5. The molecular formula is C14H19NO2. The summed E-state index contributed by atoms with van der Waals surface area (Å²) in [4.78, 5) is 0. The molecule has 0 aromatic heterocycles. The van der Waals surface area contributed by atoms with Crippen molar-refractivity contribution < 1.29 is 9.84 Å². The largest absolute Gasteiger partial charge is 0.508 e. The van der Waals surface area contributed by atoms with E-state index in [1.54, 1.807) is 6.07 Å². The Balaban J connectivity index is 1.68. The van der Waals surface area contributed by atoms with Gasteiger partial charge in [0, 0.05) is 17.6 Å². The van der Waals surface area contributed by atoms with Crippen molar-refractivity contribution in [1.29, 1.82) is 0 Å². The molecule has 2 heterocycles. The molecule has 2 aliphatic heterocycles. The number of hydrogen-bond donors (Lipinski definition) is 2. The van der Waals surface area contributed by atoms with E-state index in [2.05, 4.69) is 12.2 Å². The Morgan fingerprint density at radius 3 is 2.82 bits per heavy atom. The number of para-hydroxylation sites is 1. The second-order valence-corrected chi connectivity index (χ2v) is 5.16. The number of benzene rings is 1. The van der Waals surface area contributed by atoms with Gasteiger partial charge in [0.2, 0.25) is 0 Å². The first kappa shape index (κ1) is 11.1. The number of hydrogen-bond acceptors (Lipinski definition) is 3. The quantitative estimate of drug-likeness (QED) is 0.842. The van der Waals surface area contributed by atoms with Crippen LogP contribution in [0, 0.1) is 0 Å². The first-order valence-electron chi connectivity index (χ1n) is 6.43. The van der Waals surface area contributed by atoms with Crippen molar-refractivity contribution in [1.82, 2.24) is 5.32 Å². The summed E-state index contributed by atoms with van der Waals surface area (Å²) in [5.41, 5.74) is 0.968. The molecule has 4 unspecified atom stereocenters. The van der Waals surface area contributed by atoms with Gasteiger partial charge in [-0.3, -0.25) is 0 Å². The lowest BCUT2D eigenvalue weighted by atomic mass is 9.94. The first-order valence-corrected chi connectivity index (χ1v) is 6.43. The number of nitrogens with one attached hydrogen (secondary N) is 1. The highest BCUT2D eigenvalue weighted by Crippen LogP contribution is 2.36. The molecule has 3 rings (SSSR count). The minimum absolute atomic E-state index is 0.171. The first-order chi connectivity index (χ1) is 8.24. The molecule has 2 fully saturated rings. The minimum atomic E-state index is 0.171. The third kappa shape index (κ3) is 2.05. The van der Waals surface area contributed by atoms with Crippen LogP contribution in [-0.4, -0.2) is 23.4 Å². The summed E-state index contributed by atoms with van der Waals surface area (Å²) < 4.78 is 5.83. The van der Waals surface area contributed by atoms with Crippen molar-refractivity contribution in [2.24, 2.45) is 0 Å². The standard InChI is InChI=1S/C14H19NO2/c1-9(11-4-2-3-5-13(11)16)15-12-8-10-6-7-14(12)17-10/h2-5,9-10,12,14-16H,6-8H2,1H3. The summed E-state index contributed by atoms with van der Waals surface area (Å²) in [5, 5.41) is 13.4. The molecular weight excluding hydrogens is 214 g/mol. The molecule has 0 amide bonds. The predicted octanol–water partition coefficient (Wildman–Crippen LogP) is 2.36. The van der Waals surface area contributed by atoms with Crippen LogP contribution in [0.1, 0.15) is 37.8 Å². The maximum atomic E-state index is 9.82. The lowest BCUT2D eigenvalue weighted by molar-refractivity contribution is 0.0962. The molecule has 0 radical (unpaired) electrons. The number of ether oxygens (including phenoxy) is 1. The molecule has 4 atom stereocenters. The second kappa shape index (κ2) is 4.31. The van der Waals surface area contributed by atoms with Gasteiger partial charge in [-0.15, -0.1) is 0 Å². The van der Waals surface area contributed by atoms with E-state index in [4.69, 9.17) is 4.74 Å². The van der Waals surface area contributed by atoms with Crippen LogP contribution in [0.2, 0.25) is 0 Å². The van der Waals surface area contributed by atoms with Crippen molar-refractivity contribution >= 4 is 0 Å². The lowest BCUT2D eigenvalue weighted by Gasteiger charge is -2.25. The summed E-state index contributed by atoms with van der Waals surface area (Å²) in [6.45, 7) is 2.10. The molecule has 3 nitrogen and oxygen atoms in total. The maximum Gasteiger partial charge on any atom is 0.120 e. The topological polar surface area (TPSA) is 41.5 Å². The van der Waals surface area contributed by atoms with Gasteiger partial charge >= 0.3 is 0 Å². The molecule has 0 aliphatic carbocycles. The van der Waals surface area contributed by atoms with Gasteiger partial charge in [0.15, 0.2) is 0 Å². The maximum absolute atomic E-state index is 9.82. The number of phenolic OH excluding ortho intramolecular Hbond substituents is 1. The summed E-state index contributed by atoms with van der Waals surface area (Å²) in [6, 6.07) is 8.15. The number of phenols is 1. The van der Waals surface area contributed by atoms with Crippen molar-refractivity contribution in [2.45, 2.75) is 50.5 Å². The SMILES string of the molecule is CC(NC1CC2CCC1O2)c1ccccc1O. The molecule has 2 aliphatic rings. The summed E-state index contributed by atoms with van der Waals surface area (Å²) >= 11 is 0. The van der Waals surface area contributed by atoms with Gasteiger partial charge in [-0.25, -0.2) is 0 Å². The summed E-state index contributed by atoms with van der Waals surface area (Å²) in [6.07, 6.45) is 4.36. The van der Waals surface area contributed by atoms with E-state index < -0.39 is 0 Å². The van der Waals surface area contributed by atoms with E-state index in [0.717, 1.165) is 12.0 Å². The fourth-order valence-electron chi connectivity index (χ4n) is 3.08. The minimum Gasteiger partial charge on any atom is -0.508 e. The summed E-state index contributed by atoms with van der Waals surface area (Å²) in [7, 11) is 0. The zero-order chi connectivity index (χ0) is 11.8. The number of fused-ring (bicyclic) bond motifs is 2. The molecule has 2 bridgehead atoms. The van der Waals surface area contributed by atoms with Crippen molar-refractivity contribution in [3.63, 3.8) is 0 Å². The number of rotatable bonds is 3. The van der Waals surface area contributed by atoms with Crippen molar-refractivity contribution in [3.05, 3.63) is 29.8 Å². The lowest BCUT2D eigenvalue weighted by Crippen LogP contribution is -2.38. The van der Waals surface area contributed by atoms with E-state index in [9.17, 15) is 5.11 Å². The summed E-state index contributed by atoms with van der Waals surface area (Å²) in [5.74, 6) is 0.372. The fourth-order valence-corrected chi connectivity index (χ4v) is 3.08. The highest BCUT2D eigenvalue weighted by molar-refractivity contribution is 5.34. The molecule has 1 aromatic carbocycles. The van der Waals surface area contributed by atoms with Gasteiger partial charge in [0.1, 0.15) is 5.75 Å². The van der Waals surface area contributed by atoms with Crippen LogP contribution < -0.4 is 5.32 Å². The zero-order valence-electron chi connectivity index (χ0n) is 10.1. The van der Waals surface area contributed by atoms with Gasteiger partial charge < -0.3 is 15.2 Å². The molecule has 1 aromatic rings. The Bertz CT molecular complexity index is 407. The second-order valence-electron chi connectivity index (χ2n) is 5.16. The van der Waals surface area contributed by atoms with Gasteiger partial charge in [-0.2, -0.15) is 0 Å². The fraction of sp³-hybridized carbons (Fsp3) is 0.571. The molecule has 0 spiro atoms. The van der Waals surface area contributed by atoms with Crippen LogP contribution in [0.3, 0.4) is 0 Å². The van der Waals surface area contributed by atoms with Crippen LogP contribution in [-0.2, 0) is 4.74 Å². The monoisotopic (exact) mass is 233 g/mol. The average Bonchev–Trinajstić information content (AvgIpc) is 2.91. The smallest absolute Gasteiger partial charge is 0.120 e. The zero-order valence-corrected chi connectivity index (χ0v) is 10.1. The average molecular weight is 233 g/mol. The molecule has 2 N–H and O–H groups in total. The van der Waals surface area contributed by atoms with E-state index in [-0.39, 0.29) is 6.04 Å². The number of aromatic hydroxyl groups is 1. The Kier molecular flexibility index (Phi) is 2.81. The van der Waals surface area contributed by atoms with E-state index in [1.807, 2.05) is 18.2 Å². The molecule has 3 heteroatoms. The van der Waals surface area contributed by atoms with E-state index in [1.165, 1.54) is 12.8 Å². The third-order valence-corrected chi connectivity index (χ3v) is 3.97. The molecule has 92 valence electrons. The van der Waals surface area contributed by atoms with Gasteiger partial charge in [-0.05, 0) is 32.3 Å². The Morgan fingerprint density at radius 2 is 2.18 bits per heavy atom. The third-order valence-electron chi connectivity index (χ3n) is 3.97. The molecule has 2 saturated heterocycles. The van der Waals surface area contributed by atoms with Crippen LogP contribution in [0.5, 0.6) is 5.75 Å². The van der Waals surface area contributed by atoms with Crippen molar-refractivity contribution in [2.75, 3.05) is 0 Å². The molecule has 0 saturated carbocycles.